The summed E-state index contributed by atoms with van der Waals surface area (Å²) in [6.07, 6.45) is 7.80. The van der Waals surface area contributed by atoms with E-state index >= 15 is 0 Å². The normalized spacial score (nSPS) is 13.6. The highest BCUT2D eigenvalue weighted by atomic mass is 16.1. The molecular weight excluding hydrogens is 332 g/mol. The smallest absolute Gasteiger partial charge is 0.207 e. The molecule has 1 saturated carbocycles. The Morgan fingerprint density at radius 2 is 1.41 bits per heavy atom. The SMILES string of the molecule is CC.NCC1CCCCC1.O=CNCC(c1ccccc1)c1ccccc1. The first-order valence-corrected chi connectivity index (χ1v) is 10.3. The van der Waals surface area contributed by atoms with Crippen molar-refractivity contribution in [3.63, 3.8) is 0 Å². The van der Waals surface area contributed by atoms with Gasteiger partial charge < -0.3 is 11.1 Å². The number of nitrogens with one attached hydrogen (secondary N) is 1. The molecule has 2 aromatic carbocycles. The van der Waals surface area contributed by atoms with Crippen LogP contribution in [0.2, 0.25) is 0 Å². The average molecular weight is 369 g/mol. The van der Waals surface area contributed by atoms with Crippen molar-refractivity contribution in [1.29, 1.82) is 0 Å². The van der Waals surface area contributed by atoms with E-state index in [1.54, 1.807) is 0 Å². The van der Waals surface area contributed by atoms with Crippen LogP contribution in [0.25, 0.3) is 0 Å². The molecule has 27 heavy (non-hydrogen) atoms. The van der Waals surface area contributed by atoms with Crippen LogP contribution in [0.4, 0.5) is 0 Å². The van der Waals surface area contributed by atoms with Crippen molar-refractivity contribution < 1.29 is 4.79 Å². The summed E-state index contributed by atoms with van der Waals surface area (Å²) < 4.78 is 0. The summed E-state index contributed by atoms with van der Waals surface area (Å²) >= 11 is 0. The predicted octanol–water partition coefficient (Wildman–Crippen LogP) is 5.12. The van der Waals surface area contributed by atoms with Crippen molar-refractivity contribution in [3.05, 3.63) is 71.8 Å². The van der Waals surface area contributed by atoms with Crippen molar-refractivity contribution in [2.24, 2.45) is 11.7 Å². The molecule has 0 unspecified atom stereocenters. The highest BCUT2D eigenvalue weighted by Crippen LogP contribution is 2.23. The second-order valence-corrected chi connectivity index (χ2v) is 6.64. The fourth-order valence-corrected chi connectivity index (χ4v) is 3.39. The highest BCUT2D eigenvalue weighted by molar-refractivity contribution is 5.47. The zero-order valence-electron chi connectivity index (χ0n) is 16.9. The summed E-state index contributed by atoms with van der Waals surface area (Å²) in [5.41, 5.74) is 7.93. The topological polar surface area (TPSA) is 55.1 Å². The van der Waals surface area contributed by atoms with E-state index in [9.17, 15) is 4.79 Å². The zero-order valence-corrected chi connectivity index (χ0v) is 16.9. The predicted molar refractivity (Wildman–Crippen MR) is 116 cm³/mol. The van der Waals surface area contributed by atoms with E-state index in [1.165, 1.54) is 43.2 Å². The first-order valence-electron chi connectivity index (χ1n) is 10.3. The summed E-state index contributed by atoms with van der Waals surface area (Å²) in [4.78, 5) is 10.5. The lowest BCUT2D eigenvalue weighted by molar-refractivity contribution is -0.109. The standard InChI is InChI=1S/C15H15NO.C7H15N.C2H6/c17-12-16-11-15(13-7-3-1-4-8-13)14-9-5-2-6-10-14;8-6-7-4-2-1-3-5-7;1-2/h1-10,12,15H,11H2,(H,16,17);7H,1-6,8H2;1-2H3. The Labute approximate surface area is 165 Å². The fourth-order valence-electron chi connectivity index (χ4n) is 3.39. The fraction of sp³-hybridized carbons (Fsp3) is 0.458. The minimum absolute atomic E-state index is 0.211. The van der Waals surface area contributed by atoms with Crippen LogP contribution in [-0.2, 0) is 4.79 Å². The number of hydrogen-bond acceptors (Lipinski definition) is 2. The summed E-state index contributed by atoms with van der Waals surface area (Å²) in [5.74, 6) is 1.08. The van der Waals surface area contributed by atoms with Gasteiger partial charge in [-0.15, -0.1) is 0 Å². The minimum Gasteiger partial charge on any atom is -0.358 e. The van der Waals surface area contributed by atoms with Crippen LogP contribution in [0, 0.1) is 5.92 Å². The summed E-state index contributed by atoms with van der Waals surface area (Å²) in [5, 5.41) is 2.76. The molecular formula is C24H36N2O. The number of carbonyl (C=O) groups excluding carboxylic acids is 1. The van der Waals surface area contributed by atoms with E-state index in [-0.39, 0.29) is 5.92 Å². The van der Waals surface area contributed by atoms with E-state index in [2.05, 4.69) is 29.6 Å². The van der Waals surface area contributed by atoms with Gasteiger partial charge in [-0.05, 0) is 36.4 Å². The van der Waals surface area contributed by atoms with Gasteiger partial charge in [0.2, 0.25) is 6.41 Å². The molecule has 1 amide bonds. The Hall–Kier alpha value is -2.13. The maximum Gasteiger partial charge on any atom is 0.207 e. The first-order chi connectivity index (χ1) is 13.3. The molecule has 2 aromatic rings. The molecule has 0 aliphatic heterocycles. The molecule has 0 bridgehead atoms. The molecule has 0 radical (unpaired) electrons. The third-order valence-corrected chi connectivity index (χ3v) is 4.87. The first kappa shape index (κ1) is 22.9. The van der Waals surface area contributed by atoms with Crippen molar-refractivity contribution in [1.82, 2.24) is 5.32 Å². The second-order valence-electron chi connectivity index (χ2n) is 6.64. The summed E-state index contributed by atoms with van der Waals surface area (Å²) in [6.45, 7) is 5.54. The second kappa shape index (κ2) is 15.0. The average Bonchev–Trinajstić information content (AvgIpc) is 2.78. The number of nitrogens with two attached hydrogens (primary N) is 1. The van der Waals surface area contributed by atoms with Gasteiger partial charge in [0.05, 0.1) is 0 Å². The number of hydrogen-bond donors (Lipinski definition) is 2. The van der Waals surface area contributed by atoms with Crippen molar-refractivity contribution in [3.8, 4) is 0 Å². The molecule has 3 heteroatoms. The Bertz CT molecular complexity index is 540. The van der Waals surface area contributed by atoms with Crippen LogP contribution in [0.1, 0.15) is 63.0 Å². The molecule has 1 aliphatic rings. The summed E-state index contributed by atoms with van der Waals surface area (Å²) in [7, 11) is 0. The van der Waals surface area contributed by atoms with E-state index in [1.807, 2.05) is 50.2 Å². The van der Waals surface area contributed by atoms with Gasteiger partial charge in [0.25, 0.3) is 0 Å². The maximum atomic E-state index is 10.5. The van der Waals surface area contributed by atoms with Gasteiger partial charge in [-0.2, -0.15) is 0 Å². The zero-order chi connectivity index (χ0) is 19.7. The van der Waals surface area contributed by atoms with Crippen molar-refractivity contribution in [2.75, 3.05) is 13.1 Å². The number of benzene rings is 2. The van der Waals surface area contributed by atoms with Gasteiger partial charge in [-0.1, -0.05) is 93.8 Å². The highest BCUT2D eigenvalue weighted by Gasteiger charge is 2.12. The lowest BCUT2D eigenvalue weighted by Crippen LogP contribution is -2.20. The molecule has 148 valence electrons. The lowest BCUT2D eigenvalue weighted by Gasteiger charge is -2.18. The van der Waals surface area contributed by atoms with Crippen LogP contribution in [0.15, 0.2) is 60.7 Å². The van der Waals surface area contributed by atoms with Crippen LogP contribution >= 0.6 is 0 Å². The third-order valence-electron chi connectivity index (χ3n) is 4.87. The van der Waals surface area contributed by atoms with E-state index in [0.29, 0.717) is 6.54 Å². The number of amides is 1. The van der Waals surface area contributed by atoms with Gasteiger partial charge in [0.15, 0.2) is 0 Å². The minimum atomic E-state index is 0.211. The van der Waals surface area contributed by atoms with Crippen molar-refractivity contribution >= 4 is 6.41 Å². The molecule has 1 aliphatic carbocycles. The Balaban J connectivity index is 0.000000305. The van der Waals surface area contributed by atoms with E-state index < -0.39 is 0 Å². The molecule has 0 spiro atoms. The molecule has 3 nitrogen and oxygen atoms in total. The lowest BCUT2D eigenvalue weighted by atomic mass is 9.90. The quantitative estimate of drug-likeness (QED) is 0.696. The Morgan fingerprint density at radius 3 is 1.78 bits per heavy atom. The monoisotopic (exact) mass is 368 g/mol. The van der Waals surface area contributed by atoms with Gasteiger partial charge in [0, 0.05) is 12.5 Å². The van der Waals surface area contributed by atoms with Crippen LogP contribution in [0.3, 0.4) is 0 Å². The van der Waals surface area contributed by atoms with Gasteiger partial charge >= 0.3 is 0 Å². The van der Waals surface area contributed by atoms with Gasteiger partial charge in [-0.3, -0.25) is 4.79 Å². The molecule has 1 fully saturated rings. The Morgan fingerprint density at radius 1 is 0.926 bits per heavy atom. The molecule has 3 N–H and O–H groups in total. The van der Waals surface area contributed by atoms with E-state index in [4.69, 9.17) is 5.73 Å². The van der Waals surface area contributed by atoms with Crippen molar-refractivity contribution in [2.45, 2.75) is 51.9 Å². The summed E-state index contributed by atoms with van der Waals surface area (Å²) in [6, 6.07) is 20.4. The molecule has 0 heterocycles. The largest absolute Gasteiger partial charge is 0.358 e. The molecule has 0 atom stereocenters. The van der Waals surface area contributed by atoms with Gasteiger partial charge in [-0.25, -0.2) is 0 Å². The third kappa shape index (κ3) is 8.87. The molecule has 0 saturated heterocycles. The van der Waals surface area contributed by atoms with Crippen LogP contribution in [-0.4, -0.2) is 19.5 Å². The van der Waals surface area contributed by atoms with Crippen LogP contribution < -0.4 is 11.1 Å². The maximum absolute atomic E-state index is 10.5. The van der Waals surface area contributed by atoms with E-state index in [0.717, 1.165) is 18.9 Å². The molecule has 0 aromatic heterocycles. The van der Waals surface area contributed by atoms with Gasteiger partial charge in [0.1, 0.15) is 0 Å². The Kier molecular flexibility index (Phi) is 12.7. The van der Waals surface area contributed by atoms with Crippen LogP contribution in [0.5, 0.6) is 0 Å². The molecule has 3 rings (SSSR count). The number of rotatable bonds is 6. The number of carbonyl (C=O) groups is 1.